The standard InChI is InChI=1S/C23H22N4O2S3/c1-14(28)27(17-8-4-5-9-18(17)29-2)23-26-15(12-31-23)11-30-21-20-16-7-3-6-10-19(16)32-22(20)25-13-24-21/h4-5,8-9,12-13H,3,6-7,10-11H2,1-2H3. The van der Waals surface area contributed by atoms with Gasteiger partial charge in [0, 0.05) is 28.3 Å². The Morgan fingerprint density at radius 1 is 1.22 bits per heavy atom. The predicted molar refractivity (Wildman–Crippen MR) is 132 cm³/mol. The lowest BCUT2D eigenvalue weighted by atomic mass is 9.97. The van der Waals surface area contributed by atoms with Crippen molar-refractivity contribution in [1.29, 1.82) is 0 Å². The van der Waals surface area contributed by atoms with Gasteiger partial charge < -0.3 is 4.74 Å². The maximum atomic E-state index is 12.5. The second-order valence-electron chi connectivity index (χ2n) is 7.51. The van der Waals surface area contributed by atoms with E-state index < -0.39 is 0 Å². The minimum Gasteiger partial charge on any atom is -0.495 e. The highest BCUT2D eigenvalue weighted by Gasteiger charge is 2.22. The van der Waals surface area contributed by atoms with Crippen molar-refractivity contribution in [2.75, 3.05) is 12.0 Å². The number of carbonyl (C=O) groups is 1. The van der Waals surface area contributed by atoms with Gasteiger partial charge in [0.2, 0.25) is 5.91 Å². The molecule has 0 spiro atoms. The molecule has 0 fully saturated rings. The lowest BCUT2D eigenvalue weighted by Crippen LogP contribution is -2.23. The van der Waals surface area contributed by atoms with E-state index in [1.807, 2.05) is 41.0 Å². The SMILES string of the molecule is COc1ccccc1N(C(C)=O)c1nc(CSc2ncnc3sc4c(c23)CCCC4)cs1. The number of thiophene rings is 1. The minimum absolute atomic E-state index is 0.106. The topological polar surface area (TPSA) is 68.2 Å². The zero-order chi connectivity index (χ0) is 22.1. The number of aryl methyl sites for hydroxylation is 2. The monoisotopic (exact) mass is 482 g/mol. The van der Waals surface area contributed by atoms with Gasteiger partial charge in [-0.1, -0.05) is 23.9 Å². The van der Waals surface area contributed by atoms with E-state index in [1.54, 1.807) is 37.0 Å². The molecule has 32 heavy (non-hydrogen) atoms. The van der Waals surface area contributed by atoms with E-state index in [2.05, 4.69) is 9.97 Å². The minimum atomic E-state index is -0.106. The predicted octanol–water partition coefficient (Wildman–Crippen LogP) is 6.01. The molecule has 3 aromatic heterocycles. The summed E-state index contributed by atoms with van der Waals surface area (Å²) < 4.78 is 5.45. The normalized spacial score (nSPS) is 13.2. The van der Waals surface area contributed by atoms with Crippen LogP contribution in [0.25, 0.3) is 10.2 Å². The number of carbonyl (C=O) groups excluding carboxylic acids is 1. The van der Waals surface area contributed by atoms with Crippen LogP contribution in [0.2, 0.25) is 0 Å². The third-order valence-corrected chi connectivity index (χ3v) is 8.54. The van der Waals surface area contributed by atoms with Crippen LogP contribution in [-0.2, 0) is 23.4 Å². The summed E-state index contributed by atoms with van der Waals surface area (Å²) in [6.07, 6.45) is 6.43. The Labute approximate surface area is 198 Å². The van der Waals surface area contributed by atoms with Gasteiger partial charge in [-0.05, 0) is 43.4 Å². The van der Waals surface area contributed by atoms with Gasteiger partial charge in [-0.25, -0.2) is 15.0 Å². The van der Waals surface area contributed by atoms with Crippen LogP contribution in [0.15, 0.2) is 41.0 Å². The Morgan fingerprint density at radius 2 is 2.06 bits per heavy atom. The number of aromatic nitrogens is 3. The molecule has 1 aliphatic carbocycles. The number of methoxy groups -OCH3 is 1. The fourth-order valence-electron chi connectivity index (χ4n) is 4.00. The zero-order valence-corrected chi connectivity index (χ0v) is 20.3. The number of hydrogen-bond donors (Lipinski definition) is 0. The molecule has 0 unspecified atom stereocenters. The first kappa shape index (κ1) is 21.4. The van der Waals surface area contributed by atoms with Crippen molar-refractivity contribution in [2.24, 2.45) is 0 Å². The van der Waals surface area contributed by atoms with E-state index in [9.17, 15) is 4.79 Å². The largest absolute Gasteiger partial charge is 0.495 e. The summed E-state index contributed by atoms with van der Waals surface area (Å²) in [5.41, 5.74) is 3.06. The fraction of sp³-hybridized carbons (Fsp3) is 0.304. The molecule has 164 valence electrons. The van der Waals surface area contributed by atoms with Crippen LogP contribution >= 0.6 is 34.4 Å². The zero-order valence-electron chi connectivity index (χ0n) is 17.8. The number of nitrogens with zero attached hydrogens (tertiary/aromatic N) is 4. The average molecular weight is 483 g/mol. The van der Waals surface area contributed by atoms with Crippen molar-refractivity contribution < 1.29 is 9.53 Å². The van der Waals surface area contributed by atoms with Crippen molar-refractivity contribution in [2.45, 2.75) is 43.4 Å². The molecule has 0 N–H and O–H groups in total. The second kappa shape index (κ2) is 9.17. The molecular weight excluding hydrogens is 460 g/mol. The smallest absolute Gasteiger partial charge is 0.230 e. The molecule has 1 amide bonds. The number of rotatable bonds is 6. The molecule has 1 aromatic carbocycles. The van der Waals surface area contributed by atoms with Crippen molar-refractivity contribution in [3.63, 3.8) is 0 Å². The molecule has 6 nitrogen and oxygen atoms in total. The third kappa shape index (κ3) is 4.00. The lowest BCUT2D eigenvalue weighted by Gasteiger charge is -2.20. The molecule has 0 radical (unpaired) electrons. The molecule has 5 rings (SSSR count). The van der Waals surface area contributed by atoms with Crippen LogP contribution in [0, 0.1) is 0 Å². The Kier molecular flexibility index (Phi) is 6.12. The summed E-state index contributed by atoms with van der Waals surface area (Å²) in [5, 5.41) is 4.90. The van der Waals surface area contributed by atoms with E-state index >= 15 is 0 Å². The summed E-state index contributed by atoms with van der Waals surface area (Å²) in [4.78, 5) is 30.5. The second-order valence-corrected chi connectivity index (χ2v) is 10.4. The van der Waals surface area contributed by atoms with Gasteiger partial charge in [-0.15, -0.1) is 22.7 Å². The molecule has 0 atom stereocenters. The van der Waals surface area contributed by atoms with E-state index in [4.69, 9.17) is 9.72 Å². The first-order valence-electron chi connectivity index (χ1n) is 10.4. The number of fused-ring (bicyclic) bond motifs is 3. The summed E-state index contributed by atoms with van der Waals surface area (Å²) in [6, 6.07) is 7.49. The van der Waals surface area contributed by atoms with Crippen LogP contribution in [0.1, 0.15) is 35.9 Å². The van der Waals surface area contributed by atoms with Crippen LogP contribution in [0.3, 0.4) is 0 Å². The molecule has 0 aliphatic heterocycles. The van der Waals surface area contributed by atoms with E-state index in [1.165, 1.54) is 40.0 Å². The molecule has 3 heterocycles. The summed E-state index contributed by atoms with van der Waals surface area (Å²) in [7, 11) is 1.60. The molecule has 4 aromatic rings. The van der Waals surface area contributed by atoms with Crippen LogP contribution in [-0.4, -0.2) is 28.0 Å². The van der Waals surface area contributed by atoms with Crippen molar-refractivity contribution in [3.05, 3.63) is 52.1 Å². The summed E-state index contributed by atoms with van der Waals surface area (Å²) >= 11 is 4.96. The van der Waals surface area contributed by atoms with Crippen LogP contribution in [0.4, 0.5) is 10.8 Å². The van der Waals surface area contributed by atoms with Gasteiger partial charge in [-0.2, -0.15) is 0 Å². The molecule has 9 heteroatoms. The Morgan fingerprint density at radius 3 is 2.91 bits per heavy atom. The van der Waals surface area contributed by atoms with Crippen LogP contribution < -0.4 is 9.64 Å². The molecule has 0 saturated heterocycles. The molecule has 0 bridgehead atoms. The van der Waals surface area contributed by atoms with Gasteiger partial charge in [-0.3, -0.25) is 9.69 Å². The van der Waals surface area contributed by atoms with E-state index in [-0.39, 0.29) is 5.91 Å². The number of thioether (sulfide) groups is 1. The number of benzene rings is 1. The summed E-state index contributed by atoms with van der Waals surface area (Å²) in [5.74, 6) is 1.22. The van der Waals surface area contributed by atoms with Gasteiger partial charge in [0.25, 0.3) is 0 Å². The van der Waals surface area contributed by atoms with E-state index in [0.29, 0.717) is 22.3 Å². The number of amides is 1. The highest BCUT2D eigenvalue weighted by Crippen LogP contribution is 2.40. The highest BCUT2D eigenvalue weighted by molar-refractivity contribution is 7.98. The first-order valence-corrected chi connectivity index (χ1v) is 13.1. The van der Waals surface area contributed by atoms with Crippen molar-refractivity contribution >= 4 is 61.4 Å². The Balaban J connectivity index is 1.40. The third-order valence-electron chi connectivity index (χ3n) is 5.45. The number of anilines is 2. The quantitative estimate of drug-likeness (QED) is 0.248. The Bertz CT molecular complexity index is 1280. The van der Waals surface area contributed by atoms with Gasteiger partial charge >= 0.3 is 0 Å². The van der Waals surface area contributed by atoms with Gasteiger partial charge in [0.05, 0.1) is 18.5 Å². The first-order chi connectivity index (χ1) is 15.7. The van der Waals surface area contributed by atoms with Crippen molar-refractivity contribution in [1.82, 2.24) is 15.0 Å². The maximum absolute atomic E-state index is 12.5. The molecular formula is C23H22N4O2S3. The van der Waals surface area contributed by atoms with Crippen molar-refractivity contribution in [3.8, 4) is 5.75 Å². The number of para-hydroxylation sites is 2. The maximum Gasteiger partial charge on any atom is 0.230 e. The Hall–Kier alpha value is -2.49. The highest BCUT2D eigenvalue weighted by atomic mass is 32.2. The van der Waals surface area contributed by atoms with E-state index in [0.717, 1.165) is 28.4 Å². The van der Waals surface area contributed by atoms with Gasteiger partial charge in [0.1, 0.15) is 21.9 Å². The molecule has 0 saturated carbocycles. The molecule has 1 aliphatic rings. The van der Waals surface area contributed by atoms with Gasteiger partial charge in [0.15, 0.2) is 5.13 Å². The van der Waals surface area contributed by atoms with Crippen LogP contribution in [0.5, 0.6) is 5.75 Å². The number of ether oxygens (including phenoxy) is 1. The number of hydrogen-bond acceptors (Lipinski definition) is 8. The lowest BCUT2D eigenvalue weighted by molar-refractivity contribution is -0.115. The number of thiazole rings is 1. The average Bonchev–Trinajstić information content (AvgIpc) is 3.42. The summed E-state index contributed by atoms with van der Waals surface area (Å²) in [6.45, 7) is 1.54. The fourth-order valence-corrected chi connectivity index (χ4v) is 7.20.